The summed E-state index contributed by atoms with van der Waals surface area (Å²) >= 11 is 0. The number of hydrogen-bond donors (Lipinski definition) is 1. The Morgan fingerprint density at radius 2 is 1.82 bits per heavy atom. The number of benzene rings is 1. The van der Waals surface area contributed by atoms with E-state index in [2.05, 4.69) is 22.1 Å². The lowest BCUT2D eigenvalue weighted by atomic mass is 9.93. The molecule has 0 unspecified atom stereocenters. The van der Waals surface area contributed by atoms with Crippen molar-refractivity contribution in [3.63, 3.8) is 0 Å². The van der Waals surface area contributed by atoms with Crippen molar-refractivity contribution in [3.05, 3.63) is 77.2 Å². The number of ketones is 1. The highest BCUT2D eigenvalue weighted by Crippen LogP contribution is 2.33. The summed E-state index contributed by atoms with van der Waals surface area (Å²) in [6.45, 7) is 4.30. The summed E-state index contributed by atoms with van der Waals surface area (Å²) in [5.41, 5.74) is 5.63. The maximum absolute atomic E-state index is 13.1. The topological polar surface area (TPSA) is 66.1 Å². The van der Waals surface area contributed by atoms with E-state index >= 15 is 0 Å². The van der Waals surface area contributed by atoms with E-state index in [-0.39, 0.29) is 24.2 Å². The van der Waals surface area contributed by atoms with Gasteiger partial charge in [-0.3, -0.25) is 14.6 Å². The first-order chi connectivity index (χ1) is 13.5. The number of nitrogens with one attached hydrogen (secondary N) is 1. The highest BCUT2D eigenvalue weighted by Gasteiger charge is 2.32. The Labute approximate surface area is 164 Å². The van der Waals surface area contributed by atoms with Gasteiger partial charge in [0.2, 0.25) is 5.91 Å². The molecule has 1 aliphatic rings. The number of aromatic nitrogens is 2. The van der Waals surface area contributed by atoms with Crippen LogP contribution < -0.4 is 0 Å². The van der Waals surface area contributed by atoms with E-state index < -0.39 is 0 Å². The van der Waals surface area contributed by atoms with Gasteiger partial charge in [0.15, 0.2) is 5.78 Å². The third-order valence-corrected chi connectivity index (χ3v) is 5.14. The zero-order valence-corrected chi connectivity index (χ0v) is 16.1. The Kier molecular flexibility index (Phi) is 4.82. The van der Waals surface area contributed by atoms with Crippen molar-refractivity contribution in [1.29, 1.82) is 0 Å². The van der Waals surface area contributed by atoms with Crippen LogP contribution in [0.1, 0.15) is 41.0 Å². The fraction of sp³-hybridized carbons (Fsp3) is 0.261. The second-order valence-corrected chi connectivity index (χ2v) is 7.50. The van der Waals surface area contributed by atoms with Crippen molar-refractivity contribution in [2.24, 2.45) is 5.92 Å². The molecule has 0 aliphatic carbocycles. The van der Waals surface area contributed by atoms with E-state index in [1.165, 1.54) is 0 Å². The van der Waals surface area contributed by atoms with E-state index in [9.17, 15) is 9.59 Å². The Bertz CT molecular complexity index is 1010. The fourth-order valence-corrected chi connectivity index (χ4v) is 3.81. The molecule has 2 aromatic heterocycles. The average molecular weight is 373 g/mol. The standard InChI is InChI=1S/C23H23N3O2/c1-15(2)23(28)26-13-19-21(20(27)14-26)18(12-16-6-4-3-5-7-16)22(25-19)17-8-10-24-11-9-17/h3-11,15,25H,12-14H2,1-2H3. The smallest absolute Gasteiger partial charge is 0.225 e. The quantitative estimate of drug-likeness (QED) is 0.755. The SMILES string of the molecule is CC(C)C(=O)N1CC(=O)c2c([nH]c(-c3ccncc3)c2Cc2ccccc2)C1. The van der Waals surface area contributed by atoms with Crippen LogP contribution in [-0.2, 0) is 17.8 Å². The molecule has 0 atom stereocenters. The van der Waals surface area contributed by atoms with Crippen molar-refractivity contribution in [2.75, 3.05) is 6.54 Å². The zero-order valence-electron chi connectivity index (χ0n) is 16.1. The molecule has 1 N–H and O–H groups in total. The Morgan fingerprint density at radius 1 is 1.11 bits per heavy atom. The molecule has 0 fully saturated rings. The zero-order chi connectivity index (χ0) is 19.7. The minimum Gasteiger partial charge on any atom is -0.356 e. The van der Waals surface area contributed by atoms with E-state index in [0.29, 0.717) is 13.0 Å². The summed E-state index contributed by atoms with van der Waals surface area (Å²) in [6, 6.07) is 14.0. The summed E-state index contributed by atoms with van der Waals surface area (Å²) in [7, 11) is 0. The third kappa shape index (κ3) is 3.36. The number of carbonyl (C=O) groups excluding carboxylic acids is 2. The van der Waals surface area contributed by atoms with Crippen LogP contribution >= 0.6 is 0 Å². The van der Waals surface area contributed by atoms with Gasteiger partial charge in [0.05, 0.1) is 18.8 Å². The number of carbonyl (C=O) groups is 2. The molecule has 5 heteroatoms. The molecular weight excluding hydrogens is 350 g/mol. The van der Waals surface area contributed by atoms with Gasteiger partial charge in [-0.05, 0) is 23.3 Å². The normalized spacial score (nSPS) is 13.7. The molecule has 28 heavy (non-hydrogen) atoms. The van der Waals surface area contributed by atoms with Crippen molar-refractivity contribution in [1.82, 2.24) is 14.9 Å². The van der Waals surface area contributed by atoms with E-state index in [0.717, 1.165) is 33.6 Å². The van der Waals surface area contributed by atoms with Crippen LogP contribution in [0.25, 0.3) is 11.3 Å². The Morgan fingerprint density at radius 3 is 2.50 bits per heavy atom. The summed E-state index contributed by atoms with van der Waals surface area (Å²) in [6.07, 6.45) is 4.16. The molecule has 0 bridgehead atoms. The summed E-state index contributed by atoms with van der Waals surface area (Å²) < 4.78 is 0. The van der Waals surface area contributed by atoms with Gasteiger partial charge in [-0.1, -0.05) is 44.2 Å². The predicted molar refractivity (Wildman–Crippen MR) is 108 cm³/mol. The van der Waals surface area contributed by atoms with E-state index in [1.807, 2.05) is 44.2 Å². The Hall–Kier alpha value is -3.21. The van der Waals surface area contributed by atoms with E-state index in [4.69, 9.17) is 0 Å². The van der Waals surface area contributed by atoms with Crippen LogP contribution in [0.3, 0.4) is 0 Å². The van der Waals surface area contributed by atoms with Crippen LogP contribution in [0.4, 0.5) is 0 Å². The largest absolute Gasteiger partial charge is 0.356 e. The monoisotopic (exact) mass is 373 g/mol. The van der Waals surface area contributed by atoms with Gasteiger partial charge in [0.25, 0.3) is 0 Å². The number of H-pyrrole nitrogens is 1. The molecule has 1 aliphatic heterocycles. The number of rotatable bonds is 4. The molecule has 1 amide bonds. The summed E-state index contributed by atoms with van der Waals surface area (Å²) in [5, 5.41) is 0. The van der Waals surface area contributed by atoms with Crippen molar-refractivity contribution in [2.45, 2.75) is 26.8 Å². The maximum atomic E-state index is 13.1. The number of aromatic amines is 1. The molecule has 3 aromatic rings. The number of pyridine rings is 1. The first kappa shape index (κ1) is 18.2. The highest BCUT2D eigenvalue weighted by molar-refractivity contribution is 6.04. The molecule has 3 heterocycles. The van der Waals surface area contributed by atoms with Crippen molar-refractivity contribution in [3.8, 4) is 11.3 Å². The van der Waals surface area contributed by atoms with Crippen molar-refractivity contribution >= 4 is 11.7 Å². The molecule has 0 saturated carbocycles. The molecule has 0 spiro atoms. The summed E-state index contributed by atoms with van der Waals surface area (Å²) in [4.78, 5) is 34.7. The van der Waals surface area contributed by atoms with Gasteiger partial charge in [-0.2, -0.15) is 0 Å². The van der Waals surface area contributed by atoms with Gasteiger partial charge in [0.1, 0.15) is 0 Å². The molecule has 142 valence electrons. The molecule has 0 radical (unpaired) electrons. The fourth-order valence-electron chi connectivity index (χ4n) is 3.81. The van der Waals surface area contributed by atoms with E-state index in [1.54, 1.807) is 17.3 Å². The van der Waals surface area contributed by atoms with Crippen molar-refractivity contribution < 1.29 is 9.59 Å². The number of Topliss-reactive ketones (excluding diaryl/α,β-unsaturated/α-hetero) is 1. The van der Waals surface area contributed by atoms with Crippen LogP contribution in [0, 0.1) is 5.92 Å². The van der Waals surface area contributed by atoms with Crippen LogP contribution in [0.15, 0.2) is 54.9 Å². The first-order valence-electron chi connectivity index (χ1n) is 9.54. The average Bonchev–Trinajstić information content (AvgIpc) is 3.07. The molecule has 4 rings (SSSR count). The lowest BCUT2D eigenvalue weighted by molar-refractivity contribution is -0.134. The highest BCUT2D eigenvalue weighted by atomic mass is 16.2. The molecule has 1 aromatic carbocycles. The number of fused-ring (bicyclic) bond motifs is 1. The molecule has 0 saturated heterocycles. The number of hydrogen-bond acceptors (Lipinski definition) is 3. The third-order valence-electron chi connectivity index (χ3n) is 5.14. The van der Waals surface area contributed by atoms with Gasteiger partial charge >= 0.3 is 0 Å². The van der Waals surface area contributed by atoms with Crippen LogP contribution in [0.2, 0.25) is 0 Å². The lowest BCUT2D eigenvalue weighted by Crippen LogP contribution is -2.41. The minimum absolute atomic E-state index is 0.00210. The molecular formula is C23H23N3O2. The predicted octanol–water partition coefficient (Wildman–Crippen LogP) is 3.85. The second-order valence-electron chi connectivity index (χ2n) is 7.50. The maximum Gasteiger partial charge on any atom is 0.225 e. The van der Waals surface area contributed by atoms with Gasteiger partial charge < -0.3 is 9.88 Å². The number of nitrogens with zero attached hydrogens (tertiary/aromatic N) is 2. The van der Waals surface area contributed by atoms with Gasteiger partial charge in [-0.15, -0.1) is 0 Å². The summed E-state index contributed by atoms with van der Waals surface area (Å²) in [5.74, 6) is -0.130. The first-order valence-corrected chi connectivity index (χ1v) is 9.54. The minimum atomic E-state index is -0.132. The van der Waals surface area contributed by atoms with Gasteiger partial charge in [-0.25, -0.2) is 0 Å². The van der Waals surface area contributed by atoms with Crippen LogP contribution in [-0.4, -0.2) is 33.1 Å². The Balaban J connectivity index is 1.81. The second kappa shape index (κ2) is 7.43. The number of amides is 1. The van der Waals surface area contributed by atoms with Gasteiger partial charge in [0, 0.05) is 41.6 Å². The lowest BCUT2D eigenvalue weighted by Gasteiger charge is -2.28. The van der Waals surface area contributed by atoms with Crippen LogP contribution in [0.5, 0.6) is 0 Å². The molecule has 5 nitrogen and oxygen atoms in total.